The van der Waals surface area contributed by atoms with E-state index in [4.69, 9.17) is 0 Å². The van der Waals surface area contributed by atoms with Crippen molar-refractivity contribution >= 4 is 0 Å². The highest BCUT2D eigenvalue weighted by Gasteiger charge is 2.36. The second-order valence-electron chi connectivity index (χ2n) is 6.50. The minimum atomic E-state index is 0. The molecule has 2 rings (SSSR count). The van der Waals surface area contributed by atoms with E-state index in [-0.39, 0.29) is 7.43 Å². The maximum absolute atomic E-state index is 2.44. The van der Waals surface area contributed by atoms with Crippen molar-refractivity contribution in [1.82, 2.24) is 0 Å². The fraction of sp³-hybridized carbons (Fsp3) is 0.647. The third kappa shape index (κ3) is 2.41. The van der Waals surface area contributed by atoms with Crippen LogP contribution in [0.2, 0.25) is 0 Å². The molecule has 0 heterocycles. The lowest BCUT2D eigenvalue weighted by Crippen LogP contribution is -2.33. The molecule has 0 N–H and O–H groups in total. The van der Waals surface area contributed by atoms with E-state index in [1.54, 1.807) is 11.1 Å². The molecule has 0 bridgehead atoms. The Morgan fingerprint density at radius 1 is 0.941 bits per heavy atom. The van der Waals surface area contributed by atoms with Gasteiger partial charge in [-0.25, -0.2) is 0 Å². The van der Waals surface area contributed by atoms with E-state index in [1.165, 1.54) is 18.4 Å². The van der Waals surface area contributed by atoms with Crippen LogP contribution in [0.4, 0.5) is 0 Å². The summed E-state index contributed by atoms with van der Waals surface area (Å²) in [4.78, 5) is 0. The molecule has 0 aromatic heterocycles. The van der Waals surface area contributed by atoms with Crippen LogP contribution in [0.25, 0.3) is 0 Å². The second kappa shape index (κ2) is 4.48. The van der Waals surface area contributed by atoms with Crippen molar-refractivity contribution in [3.05, 3.63) is 34.9 Å². The van der Waals surface area contributed by atoms with Crippen molar-refractivity contribution in [3.8, 4) is 0 Å². The van der Waals surface area contributed by atoms with E-state index in [2.05, 4.69) is 52.8 Å². The van der Waals surface area contributed by atoms with Crippen LogP contribution in [-0.2, 0) is 17.3 Å². The topological polar surface area (TPSA) is 0 Å². The largest absolute Gasteiger partial charge is 0.0776 e. The molecule has 0 saturated carbocycles. The summed E-state index contributed by atoms with van der Waals surface area (Å²) < 4.78 is 0. The minimum Gasteiger partial charge on any atom is -0.0776 e. The van der Waals surface area contributed by atoms with Gasteiger partial charge >= 0.3 is 0 Å². The molecule has 0 nitrogen and oxygen atoms in total. The fourth-order valence-electron chi connectivity index (χ4n) is 2.86. The Labute approximate surface area is 107 Å². The van der Waals surface area contributed by atoms with E-state index in [0.717, 1.165) is 6.42 Å². The maximum atomic E-state index is 2.44. The van der Waals surface area contributed by atoms with Crippen LogP contribution in [-0.4, -0.2) is 0 Å². The van der Waals surface area contributed by atoms with Crippen molar-refractivity contribution in [3.63, 3.8) is 0 Å². The molecule has 1 aromatic rings. The maximum Gasteiger partial charge on any atom is -0.0100 e. The molecule has 17 heavy (non-hydrogen) atoms. The zero-order valence-electron chi connectivity index (χ0n) is 11.4. The lowest BCUT2D eigenvalue weighted by molar-refractivity contribution is 0.331. The molecule has 0 aliphatic heterocycles. The summed E-state index contributed by atoms with van der Waals surface area (Å²) in [6, 6.07) is 7.12. The molecule has 0 atom stereocenters. The zero-order chi connectivity index (χ0) is 12.0. The van der Waals surface area contributed by atoms with Gasteiger partial charge in [-0.15, -0.1) is 0 Å². The smallest absolute Gasteiger partial charge is 0.0100 e. The molecule has 0 unspecified atom stereocenters. The standard InChI is InChI=1S/C16H24.CH4/c1-6-12-7-8-13-14(11-12)16(4,5)10-9-15(13,2)3;/h7-8,11H,6,9-10H2,1-5H3;1H4. The van der Waals surface area contributed by atoms with Crippen molar-refractivity contribution in [1.29, 1.82) is 0 Å². The van der Waals surface area contributed by atoms with Gasteiger partial charge in [-0.2, -0.15) is 0 Å². The number of hydrogen-bond acceptors (Lipinski definition) is 0. The fourth-order valence-corrected chi connectivity index (χ4v) is 2.86. The summed E-state index contributed by atoms with van der Waals surface area (Å²) in [6.45, 7) is 11.8. The molecule has 1 aliphatic rings. The Balaban J connectivity index is 0.00000144. The number of aryl methyl sites for hydroxylation is 1. The molecule has 0 spiro atoms. The first-order valence-electron chi connectivity index (χ1n) is 6.51. The Morgan fingerprint density at radius 3 is 2.00 bits per heavy atom. The zero-order valence-corrected chi connectivity index (χ0v) is 11.4. The Bertz CT molecular complexity index is 396. The first kappa shape index (κ1) is 14.3. The van der Waals surface area contributed by atoms with Crippen LogP contribution in [0.5, 0.6) is 0 Å². The molecule has 96 valence electrons. The molecule has 1 aliphatic carbocycles. The Hall–Kier alpha value is -0.780. The predicted octanol–water partition coefficient (Wildman–Crippen LogP) is 5.23. The van der Waals surface area contributed by atoms with Crippen LogP contribution in [0.1, 0.15) is 71.6 Å². The van der Waals surface area contributed by atoms with Gasteiger partial charge in [0.15, 0.2) is 0 Å². The van der Waals surface area contributed by atoms with E-state index in [0.29, 0.717) is 10.8 Å². The molecule has 0 saturated heterocycles. The van der Waals surface area contributed by atoms with Gasteiger partial charge in [-0.1, -0.05) is 60.2 Å². The van der Waals surface area contributed by atoms with Gasteiger partial charge in [0.1, 0.15) is 0 Å². The average Bonchev–Trinajstić information content (AvgIpc) is 2.24. The SMILES string of the molecule is C.CCc1ccc2c(c1)C(C)(C)CCC2(C)C. The molecule has 0 radical (unpaired) electrons. The Kier molecular flexibility index (Phi) is 3.76. The van der Waals surface area contributed by atoms with Gasteiger partial charge in [0.25, 0.3) is 0 Å². The normalized spacial score (nSPS) is 20.3. The average molecular weight is 232 g/mol. The summed E-state index contributed by atoms with van der Waals surface area (Å²) in [5.41, 5.74) is 5.35. The number of rotatable bonds is 1. The number of fused-ring (bicyclic) bond motifs is 1. The summed E-state index contributed by atoms with van der Waals surface area (Å²) in [6.07, 6.45) is 3.75. The van der Waals surface area contributed by atoms with Crippen LogP contribution < -0.4 is 0 Å². The third-order valence-corrected chi connectivity index (χ3v) is 4.33. The number of benzene rings is 1. The summed E-state index contributed by atoms with van der Waals surface area (Å²) in [5.74, 6) is 0. The number of hydrogen-bond donors (Lipinski definition) is 0. The van der Waals surface area contributed by atoms with Gasteiger partial charge in [-0.05, 0) is 46.8 Å². The first-order valence-corrected chi connectivity index (χ1v) is 6.51. The molecular formula is C17H28. The molecule has 0 fully saturated rings. The van der Waals surface area contributed by atoms with Crippen LogP contribution >= 0.6 is 0 Å². The van der Waals surface area contributed by atoms with Gasteiger partial charge in [0, 0.05) is 0 Å². The molecule has 1 aromatic carbocycles. The van der Waals surface area contributed by atoms with Gasteiger partial charge in [-0.3, -0.25) is 0 Å². The van der Waals surface area contributed by atoms with Gasteiger partial charge in [0.2, 0.25) is 0 Å². The highest BCUT2D eigenvalue weighted by molar-refractivity contribution is 5.43. The van der Waals surface area contributed by atoms with E-state index < -0.39 is 0 Å². The van der Waals surface area contributed by atoms with E-state index in [9.17, 15) is 0 Å². The van der Waals surface area contributed by atoms with Crippen molar-refractivity contribution in [2.45, 2.75) is 72.1 Å². The molecular weight excluding hydrogens is 204 g/mol. The molecule has 0 heteroatoms. The Morgan fingerprint density at radius 2 is 1.47 bits per heavy atom. The van der Waals surface area contributed by atoms with Gasteiger partial charge < -0.3 is 0 Å². The minimum absolute atomic E-state index is 0. The summed E-state index contributed by atoms with van der Waals surface area (Å²) in [7, 11) is 0. The third-order valence-electron chi connectivity index (χ3n) is 4.33. The predicted molar refractivity (Wildman–Crippen MR) is 77.8 cm³/mol. The molecule has 0 amide bonds. The highest BCUT2D eigenvalue weighted by atomic mass is 14.4. The monoisotopic (exact) mass is 232 g/mol. The lowest BCUT2D eigenvalue weighted by atomic mass is 9.63. The van der Waals surface area contributed by atoms with E-state index >= 15 is 0 Å². The van der Waals surface area contributed by atoms with Crippen molar-refractivity contribution in [2.24, 2.45) is 0 Å². The van der Waals surface area contributed by atoms with E-state index in [1.807, 2.05) is 0 Å². The highest BCUT2D eigenvalue weighted by Crippen LogP contribution is 2.45. The first-order chi connectivity index (χ1) is 7.37. The van der Waals surface area contributed by atoms with Crippen LogP contribution in [0.3, 0.4) is 0 Å². The summed E-state index contributed by atoms with van der Waals surface area (Å²) >= 11 is 0. The van der Waals surface area contributed by atoms with Crippen LogP contribution in [0, 0.1) is 0 Å². The van der Waals surface area contributed by atoms with Gasteiger partial charge in [0.05, 0.1) is 0 Å². The van der Waals surface area contributed by atoms with Crippen molar-refractivity contribution < 1.29 is 0 Å². The van der Waals surface area contributed by atoms with Crippen LogP contribution in [0.15, 0.2) is 18.2 Å². The lowest BCUT2D eigenvalue weighted by Gasteiger charge is -2.42. The second-order valence-corrected chi connectivity index (χ2v) is 6.50. The quantitative estimate of drug-likeness (QED) is 0.621. The summed E-state index contributed by atoms with van der Waals surface area (Å²) in [5, 5.41) is 0. The van der Waals surface area contributed by atoms with Crippen molar-refractivity contribution in [2.75, 3.05) is 0 Å².